The Kier molecular flexibility index (Phi) is 6.53. The summed E-state index contributed by atoms with van der Waals surface area (Å²) in [4.78, 5) is 12.4. The first-order valence-corrected chi connectivity index (χ1v) is 9.69. The highest BCUT2D eigenvalue weighted by Gasteiger charge is 2.10. The number of benzene rings is 2. The Morgan fingerprint density at radius 2 is 2.07 bits per heavy atom. The van der Waals surface area contributed by atoms with Gasteiger partial charge in [0, 0.05) is 22.8 Å². The molecule has 0 aliphatic heterocycles. The molecule has 3 aromatic rings. The summed E-state index contributed by atoms with van der Waals surface area (Å²) < 4.78 is 8.47. The molecule has 5 nitrogen and oxygen atoms in total. The summed E-state index contributed by atoms with van der Waals surface area (Å²) in [5.41, 5.74) is 2.13. The van der Waals surface area contributed by atoms with E-state index in [0.717, 1.165) is 22.3 Å². The van der Waals surface area contributed by atoms with E-state index >= 15 is 0 Å². The lowest BCUT2D eigenvalue weighted by atomic mass is 10.1. The Bertz CT molecular complexity index is 942. The molecule has 27 heavy (non-hydrogen) atoms. The van der Waals surface area contributed by atoms with Crippen LogP contribution in [0.3, 0.4) is 0 Å². The maximum atomic E-state index is 12.4. The molecule has 1 N–H and O–H groups in total. The Balaban J connectivity index is 1.60. The van der Waals surface area contributed by atoms with Gasteiger partial charge in [-0.25, -0.2) is 0 Å². The zero-order chi connectivity index (χ0) is 19.2. The number of hydrogen-bond donors (Lipinski definition) is 1. The first kappa shape index (κ1) is 19.5. The maximum absolute atomic E-state index is 12.4. The molecule has 7 heteroatoms. The van der Waals surface area contributed by atoms with Gasteiger partial charge >= 0.3 is 0 Å². The molecule has 0 bridgehead atoms. The SMILES string of the molecule is CCn1cc(Cl)c(CNC(=O)c2cccc(COc3cccc(Br)c3)c2)n1. The third-order valence-electron chi connectivity index (χ3n) is 3.92. The van der Waals surface area contributed by atoms with Gasteiger partial charge in [0.1, 0.15) is 18.1 Å². The largest absolute Gasteiger partial charge is 0.489 e. The Hall–Kier alpha value is -2.31. The van der Waals surface area contributed by atoms with Gasteiger partial charge in [-0.2, -0.15) is 5.10 Å². The summed E-state index contributed by atoms with van der Waals surface area (Å²) in [6.45, 7) is 3.37. The molecular formula is C20H19BrClN3O2. The normalized spacial score (nSPS) is 10.6. The number of rotatable bonds is 7. The molecule has 0 atom stereocenters. The number of nitrogens with one attached hydrogen (secondary N) is 1. The number of aromatic nitrogens is 2. The van der Waals surface area contributed by atoms with Gasteiger partial charge in [-0.15, -0.1) is 0 Å². The molecule has 0 unspecified atom stereocenters. The number of nitrogens with zero attached hydrogens (tertiary/aromatic N) is 2. The predicted molar refractivity (Wildman–Crippen MR) is 109 cm³/mol. The molecule has 140 valence electrons. The van der Waals surface area contributed by atoms with E-state index in [4.69, 9.17) is 16.3 Å². The van der Waals surface area contributed by atoms with Crippen LogP contribution in [-0.2, 0) is 19.7 Å². The molecule has 0 aliphatic rings. The van der Waals surface area contributed by atoms with Crippen molar-refractivity contribution in [1.82, 2.24) is 15.1 Å². The van der Waals surface area contributed by atoms with Gasteiger partial charge in [-0.05, 0) is 42.8 Å². The Labute approximate surface area is 171 Å². The summed E-state index contributed by atoms with van der Waals surface area (Å²) in [7, 11) is 0. The average molecular weight is 449 g/mol. The van der Waals surface area contributed by atoms with Gasteiger partial charge in [0.25, 0.3) is 5.91 Å². The second-order valence-corrected chi connectivity index (χ2v) is 7.23. The van der Waals surface area contributed by atoms with E-state index in [2.05, 4.69) is 26.3 Å². The van der Waals surface area contributed by atoms with Crippen LogP contribution in [0, 0.1) is 0 Å². The zero-order valence-electron chi connectivity index (χ0n) is 14.8. The topological polar surface area (TPSA) is 56.2 Å². The first-order chi connectivity index (χ1) is 13.0. The third-order valence-corrected chi connectivity index (χ3v) is 4.73. The molecule has 1 aromatic heterocycles. The number of amides is 1. The number of carbonyl (C=O) groups excluding carboxylic acids is 1. The molecule has 1 amide bonds. The van der Waals surface area contributed by atoms with Gasteiger partial charge in [0.2, 0.25) is 0 Å². The summed E-state index contributed by atoms with van der Waals surface area (Å²) in [6.07, 6.45) is 1.75. The van der Waals surface area contributed by atoms with Crippen LogP contribution in [0.2, 0.25) is 5.02 Å². The third kappa shape index (κ3) is 5.34. The molecule has 3 rings (SSSR count). The predicted octanol–water partition coefficient (Wildman–Crippen LogP) is 4.83. The van der Waals surface area contributed by atoms with Gasteiger partial charge in [-0.3, -0.25) is 9.48 Å². The van der Waals surface area contributed by atoms with Gasteiger partial charge in [-0.1, -0.05) is 45.7 Å². The monoisotopic (exact) mass is 447 g/mol. The fraction of sp³-hybridized carbons (Fsp3) is 0.200. The van der Waals surface area contributed by atoms with Crippen LogP contribution < -0.4 is 10.1 Å². The van der Waals surface area contributed by atoms with E-state index in [-0.39, 0.29) is 12.5 Å². The number of ether oxygens (including phenoxy) is 1. The second kappa shape index (κ2) is 9.06. The maximum Gasteiger partial charge on any atom is 0.251 e. The van der Waals surface area contributed by atoms with E-state index in [9.17, 15) is 4.79 Å². The van der Waals surface area contributed by atoms with Crippen LogP contribution in [0.25, 0.3) is 0 Å². The number of hydrogen-bond acceptors (Lipinski definition) is 3. The molecule has 0 aliphatic carbocycles. The first-order valence-electron chi connectivity index (χ1n) is 8.52. The molecule has 0 saturated carbocycles. The van der Waals surface area contributed by atoms with Crippen LogP contribution in [0.15, 0.2) is 59.2 Å². The van der Waals surface area contributed by atoms with Gasteiger partial charge in [0.15, 0.2) is 0 Å². The van der Waals surface area contributed by atoms with Crippen molar-refractivity contribution < 1.29 is 9.53 Å². The van der Waals surface area contributed by atoms with Crippen molar-refractivity contribution in [2.24, 2.45) is 0 Å². The van der Waals surface area contributed by atoms with Crippen molar-refractivity contribution >= 4 is 33.4 Å². The average Bonchev–Trinajstić information content (AvgIpc) is 3.04. The standard InChI is InChI=1S/C20H19BrClN3O2/c1-2-25-12-18(22)19(24-25)11-23-20(26)15-6-3-5-14(9-15)13-27-17-8-4-7-16(21)10-17/h3-10,12H,2,11,13H2,1H3,(H,23,26). The number of aryl methyl sites for hydroxylation is 1. The van der Waals surface area contributed by atoms with Crippen molar-refractivity contribution in [3.8, 4) is 5.75 Å². The van der Waals surface area contributed by atoms with E-state index in [1.54, 1.807) is 16.9 Å². The molecule has 0 spiro atoms. The summed E-state index contributed by atoms with van der Waals surface area (Å²) in [5, 5.41) is 7.73. The van der Waals surface area contributed by atoms with Crippen molar-refractivity contribution in [3.05, 3.63) is 81.0 Å². The van der Waals surface area contributed by atoms with E-state index in [0.29, 0.717) is 22.9 Å². The number of halogens is 2. The lowest BCUT2D eigenvalue weighted by molar-refractivity contribution is 0.0950. The summed E-state index contributed by atoms with van der Waals surface area (Å²) in [5.74, 6) is 0.585. The molecule has 1 heterocycles. The van der Waals surface area contributed by atoms with Gasteiger partial charge < -0.3 is 10.1 Å². The highest BCUT2D eigenvalue weighted by atomic mass is 79.9. The fourth-order valence-electron chi connectivity index (χ4n) is 2.51. The highest BCUT2D eigenvalue weighted by molar-refractivity contribution is 9.10. The lowest BCUT2D eigenvalue weighted by Crippen LogP contribution is -2.23. The molecule has 0 radical (unpaired) electrons. The van der Waals surface area contributed by atoms with E-state index in [1.165, 1.54) is 0 Å². The number of carbonyl (C=O) groups is 1. The Morgan fingerprint density at radius 1 is 1.26 bits per heavy atom. The van der Waals surface area contributed by atoms with Crippen molar-refractivity contribution in [2.45, 2.75) is 26.6 Å². The smallest absolute Gasteiger partial charge is 0.251 e. The van der Waals surface area contributed by atoms with E-state index in [1.807, 2.05) is 49.4 Å². The minimum Gasteiger partial charge on any atom is -0.489 e. The van der Waals surface area contributed by atoms with Crippen LogP contribution in [0.5, 0.6) is 5.75 Å². The van der Waals surface area contributed by atoms with Crippen LogP contribution in [-0.4, -0.2) is 15.7 Å². The molecular weight excluding hydrogens is 430 g/mol. The summed E-state index contributed by atoms with van der Waals surface area (Å²) >= 11 is 9.55. The summed E-state index contributed by atoms with van der Waals surface area (Å²) in [6, 6.07) is 15.0. The zero-order valence-corrected chi connectivity index (χ0v) is 17.1. The van der Waals surface area contributed by atoms with E-state index < -0.39 is 0 Å². The minimum absolute atomic E-state index is 0.179. The molecule has 2 aromatic carbocycles. The molecule has 0 saturated heterocycles. The van der Waals surface area contributed by atoms with Crippen molar-refractivity contribution in [3.63, 3.8) is 0 Å². The second-order valence-electron chi connectivity index (χ2n) is 5.91. The van der Waals surface area contributed by atoms with Crippen LogP contribution >= 0.6 is 27.5 Å². The van der Waals surface area contributed by atoms with Crippen molar-refractivity contribution in [2.75, 3.05) is 0 Å². The minimum atomic E-state index is -0.179. The van der Waals surface area contributed by atoms with Gasteiger partial charge in [0.05, 0.1) is 11.6 Å². The quantitative estimate of drug-likeness (QED) is 0.563. The Morgan fingerprint density at radius 3 is 2.81 bits per heavy atom. The lowest BCUT2D eigenvalue weighted by Gasteiger charge is -2.09. The van der Waals surface area contributed by atoms with Crippen LogP contribution in [0.4, 0.5) is 0 Å². The molecule has 0 fully saturated rings. The highest BCUT2D eigenvalue weighted by Crippen LogP contribution is 2.19. The fourth-order valence-corrected chi connectivity index (χ4v) is 3.11. The van der Waals surface area contributed by atoms with Crippen LogP contribution in [0.1, 0.15) is 28.5 Å². The van der Waals surface area contributed by atoms with Crippen molar-refractivity contribution in [1.29, 1.82) is 0 Å².